The van der Waals surface area contributed by atoms with Gasteiger partial charge in [0.05, 0.1) is 0 Å². The van der Waals surface area contributed by atoms with E-state index in [1.54, 1.807) is 0 Å². The quantitative estimate of drug-likeness (QED) is 0.400. The molecule has 0 fully saturated rings. The molecule has 0 aliphatic carbocycles. The Hall–Kier alpha value is -0.380. The van der Waals surface area contributed by atoms with Crippen LogP contribution in [0.25, 0.3) is 0 Å². The van der Waals surface area contributed by atoms with Crippen LogP contribution in [-0.2, 0) is 0 Å². The summed E-state index contributed by atoms with van der Waals surface area (Å²) < 4.78 is 0. The van der Waals surface area contributed by atoms with Gasteiger partial charge in [-0.2, -0.15) is 11.8 Å². The number of nitrogens with zero attached hydrogens (tertiary/aromatic N) is 1. The molecule has 90 valence electrons. The van der Waals surface area contributed by atoms with E-state index in [1.165, 1.54) is 18.6 Å². The zero-order chi connectivity index (χ0) is 11.5. The molecule has 4 heteroatoms. The van der Waals surface area contributed by atoms with Gasteiger partial charge < -0.3 is 10.6 Å². The van der Waals surface area contributed by atoms with E-state index in [0.29, 0.717) is 6.04 Å². The van der Waals surface area contributed by atoms with Gasteiger partial charge in [0, 0.05) is 19.6 Å². The third-order valence-electron chi connectivity index (χ3n) is 2.29. The molecule has 3 nitrogen and oxygen atoms in total. The first-order valence-electron chi connectivity index (χ1n) is 5.70. The first-order valence-corrected chi connectivity index (χ1v) is 7.10. The van der Waals surface area contributed by atoms with Crippen molar-refractivity contribution < 1.29 is 0 Å². The highest BCUT2D eigenvalue weighted by atomic mass is 32.2. The largest absolute Gasteiger partial charge is 0.356 e. The van der Waals surface area contributed by atoms with Gasteiger partial charge in [0.2, 0.25) is 0 Å². The van der Waals surface area contributed by atoms with Crippen molar-refractivity contribution in [1.82, 2.24) is 10.6 Å². The van der Waals surface area contributed by atoms with Crippen molar-refractivity contribution in [2.45, 2.75) is 39.2 Å². The topological polar surface area (TPSA) is 36.4 Å². The lowest BCUT2D eigenvalue weighted by molar-refractivity contribution is 0.620. The Balaban J connectivity index is 3.54. The molecule has 0 rings (SSSR count). The summed E-state index contributed by atoms with van der Waals surface area (Å²) in [6.45, 7) is 5.35. The number of hydrogen-bond acceptors (Lipinski definition) is 2. The molecule has 0 amide bonds. The Morgan fingerprint density at radius 2 is 2.13 bits per heavy atom. The van der Waals surface area contributed by atoms with E-state index < -0.39 is 0 Å². The molecule has 0 aliphatic rings. The Kier molecular flexibility index (Phi) is 9.89. The summed E-state index contributed by atoms with van der Waals surface area (Å²) in [6.07, 6.45) is 5.75. The maximum atomic E-state index is 4.18. The fourth-order valence-electron chi connectivity index (χ4n) is 1.11. The van der Waals surface area contributed by atoms with Crippen LogP contribution < -0.4 is 10.6 Å². The monoisotopic (exact) mass is 231 g/mol. The number of rotatable bonds is 7. The highest BCUT2D eigenvalue weighted by Gasteiger charge is 2.01. The van der Waals surface area contributed by atoms with Gasteiger partial charge in [-0.3, -0.25) is 4.99 Å². The highest BCUT2D eigenvalue weighted by molar-refractivity contribution is 7.98. The minimum Gasteiger partial charge on any atom is -0.356 e. The van der Waals surface area contributed by atoms with Gasteiger partial charge in [0.25, 0.3) is 0 Å². The van der Waals surface area contributed by atoms with Crippen molar-refractivity contribution in [3.63, 3.8) is 0 Å². The first kappa shape index (κ1) is 14.6. The molecule has 0 aromatic heterocycles. The van der Waals surface area contributed by atoms with Crippen molar-refractivity contribution in [2.75, 3.05) is 25.6 Å². The molecule has 0 saturated carbocycles. The third kappa shape index (κ3) is 8.60. The van der Waals surface area contributed by atoms with Gasteiger partial charge in [-0.25, -0.2) is 0 Å². The fourth-order valence-corrected chi connectivity index (χ4v) is 1.60. The standard InChI is InChI=1S/C11H25N3S/c1-5-10(2)14-11(12-3)13-8-6-7-9-15-4/h10H,5-9H2,1-4H3,(H2,12,13,14). The van der Waals surface area contributed by atoms with Gasteiger partial charge in [0.1, 0.15) is 0 Å². The van der Waals surface area contributed by atoms with E-state index >= 15 is 0 Å². The first-order chi connectivity index (χ1) is 7.24. The number of aliphatic imine (C=N–C) groups is 1. The Bertz CT molecular complexity index is 171. The molecule has 0 aromatic rings. The third-order valence-corrected chi connectivity index (χ3v) is 2.98. The number of unbranched alkanes of at least 4 members (excludes halogenated alkanes) is 1. The molecular weight excluding hydrogens is 206 g/mol. The molecule has 0 aromatic carbocycles. The zero-order valence-electron chi connectivity index (χ0n) is 10.5. The summed E-state index contributed by atoms with van der Waals surface area (Å²) in [6, 6.07) is 0.488. The van der Waals surface area contributed by atoms with Crippen molar-refractivity contribution in [2.24, 2.45) is 4.99 Å². The van der Waals surface area contributed by atoms with E-state index in [4.69, 9.17) is 0 Å². The minimum absolute atomic E-state index is 0.488. The molecule has 0 aliphatic heterocycles. The van der Waals surface area contributed by atoms with E-state index in [1.807, 2.05) is 18.8 Å². The Labute approximate surface area is 98.5 Å². The van der Waals surface area contributed by atoms with Crippen LogP contribution in [0.4, 0.5) is 0 Å². The normalized spacial score (nSPS) is 13.7. The lowest BCUT2D eigenvalue weighted by Crippen LogP contribution is -2.42. The van der Waals surface area contributed by atoms with Crippen molar-refractivity contribution in [1.29, 1.82) is 0 Å². The molecule has 0 saturated heterocycles. The average Bonchev–Trinajstić information content (AvgIpc) is 2.26. The van der Waals surface area contributed by atoms with Crippen LogP contribution in [0.3, 0.4) is 0 Å². The predicted molar refractivity (Wildman–Crippen MR) is 71.9 cm³/mol. The Morgan fingerprint density at radius 1 is 1.40 bits per heavy atom. The molecule has 0 heterocycles. The molecule has 1 unspecified atom stereocenters. The number of guanidine groups is 1. The van der Waals surface area contributed by atoms with Gasteiger partial charge in [-0.05, 0) is 38.2 Å². The van der Waals surface area contributed by atoms with Crippen LogP contribution in [0, 0.1) is 0 Å². The smallest absolute Gasteiger partial charge is 0.191 e. The summed E-state index contributed by atoms with van der Waals surface area (Å²) in [4.78, 5) is 4.18. The second-order valence-corrected chi connectivity index (χ2v) is 4.64. The molecule has 15 heavy (non-hydrogen) atoms. The molecule has 0 spiro atoms. The SMILES string of the molecule is CCC(C)NC(=NC)NCCCCSC. The van der Waals surface area contributed by atoms with Crippen LogP contribution in [-0.4, -0.2) is 37.6 Å². The number of hydrogen-bond donors (Lipinski definition) is 2. The summed E-state index contributed by atoms with van der Waals surface area (Å²) in [5.74, 6) is 2.17. The summed E-state index contributed by atoms with van der Waals surface area (Å²) in [5.41, 5.74) is 0. The molecule has 1 atom stereocenters. The fraction of sp³-hybridized carbons (Fsp3) is 0.909. The van der Waals surface area contributed by atoms with Crippen molar-refractivity contribution in [3.05, 3.63) is 0 Å². The summed E-state index contributed by atoms with van der Waals surface area (Å²) in [7, 11) is 1.82. The predicted octanol–water partition coefficient (Wildman–Crippen LogP) is 2.09. The molecule has 2 N–H and O–H groups in total. The van der Waals surface area contributed by atoms with Crippen molar-refractivity contribution >= 4 is 17.7 Å². The average molecular weight is 231 g/mol. The maximum Gasteiger partial charge on any atom is 0.191 e. The van der Waals surface area contributed by atoms with Crippen LogP contribution in [0.15, 0.2) is 4.99 Å². The van der Waals surface area contributed by atoms with Gasteiger partial charge in [0.15, 0.2) is 5.96 Å². The van der Waals surface area contributed by atoms with E-state index in [-0.39, 0.29) is 0 Å². The number of thioether (sulfide) groups is 1. The number of nitrogens with one attached hydrogen (secondary N) is 2. The minimum atomic E-state index is 0.488. The summed E-state index contributed by atoms with van der Waals surface area (Å²) in [5, 5.41) is 6.66. The zero-order valence-corrected chi connectivity index (χ0v) is 11.3. The highest BCUT2D eigenvalue weighted by Crippen LogP contribution is 1.97. The second kappa shape index (κ2) is 10.1. The van der Waals surface area contributed by atoms with E-state index in [0.717, 1.165) is 18.9 Å². The van der Waals surface area contributed by atoms with E-state index in [9.17, 15) is 0 Å². The van der Waals surface area contributed by atoms with Crippen molar-refractivity contribution in [3.8, 4) is 0 Å². The molecule has 0 bridgehead atoms. The second-order valence-electron chi connectivity index (χ2n) is 3.65. The van der Waals surface area contributed by atoms with Crippen LogP contribution in [0.2, 0.25) is 0 Å². The lowest BCUT2D eigenvalue weighted by Gasteiger charge is -2.16. The summed E-state index contributed by atoms with van der Waals surface area (Å²) >= 11 is 1.91. The van der Waals surface area contributed by atoms with Gasteiger partial charge in [-0.15, -0.1) is 0 Å². The van der Waals surface area contributed by atoms with Gasteiger partial charge >= 0.3 is 0 Å². The molecular formula is C11H25N3S. The van der Waals surface area contributed by atoms with Crippen LogP contribution in [0.1, 0.15) is 33.1 Å². The van der Waals surface area contributed by atoms with E-state index in [2.05, 4.69) is 35.7 Å². The lowest BCUT2D eigenvalue weighted by atomic mass is 10.3. The maximum absolute atomic E-state index is 4.18. The van der Waals surface area contributed by atoms with Crippen LogP contribution >= 0.6 is 11.8 Å². The molecule has 0 radical (unpaired) electrons. The van der Waals surface area contributed by atoms with Gasteiger partial charge in [-0.1, -0.05) is 6.92 Å². The van der Waals surface area contributed by atoms with Crippen LogP contribution in [0.5, 0.6) is 0 Å². The Morgan fingerprint density at radius 3 is 2.67 bits per heavy atom.